The van der Waals surface area contributed by atoms with Crippen molar-refractivity contribution in [3.8, 4) is 0 Å². The van der Waals surface area contributed by atoms with Gasteiger partial charge >= 0.3 is 0 Å². The molecule has 2 heterocycles. The summed E-state index contributed by atoms with van der Waals surface area (Å²) in [5.41, 5.74) is 6.04. The lowest BCUT2D eigenvalue weighted by molar-refractivity contribution is -0.127. The van der Waals surface area contributed by atoms with Crippen LogP contribution in [0.5, 0.6) is 0 Å². The average Bonchev–Trinajstić information content (AvgIpc) is 3.40. The number of halogens is 1. The highest BCUT2D eigenvalue weighted by atomic mass is 32.2. The smallest absolute Gasteiger partial charge is 0.254 e. The number of carbonyl (C=O) groups excluding carboxylic acids is 1. The van der Waals surface area contributed by atoms with Crippen LogP contribution >= 0.6 is 0 Å². The topological polar surface area (TPSA) is 156 Å². The Balaban J connectivity index is 1.72. The average molecular weight is 530 g/mol. The van der Waals surface area contributed by atoms with Crippen LogP contribution in [0.15, 0.2) is 38.6 Å². The van der Waals surface area contributed by atoms with E-state index in [0.29, 0.717) is 25.7 Å². The number of nitrogens with zero attached hydrogens (tertiary/aromatic N) is 3. The minimum absolute atomic E-state index is 0.0291. The first-order chi connectivity index (χ1) is 16.4. The second-order valence-electron chi connectivity index (χ2n) is 8.83. The van der Waals surface area contributed by atoms with E-state index in [2.05, 4.69) is 10.5 Å². The molecule has 1 aliphatic heterocycles. The number of benzene rings is 1. The predicted molar refractivity (Wildman–Crippen MR) is 122 cm³/mol. The summed E-state index contributed by atoms with van der Waals surface area (Å²) in [5, 5.41) is 6.50. The highest BCUT2D eigenvalue weighted by Crippen LogP contribution is 2.32. The van der Waals surface area contributed by atoms with E-state index in [0.717, 1.165) is 32.9 Å². The number of hydrogen-bond acceptors (Lipinski definition) is 8. The Morgan fingerprint density at radius 2 is 1.60 bits per heavy atom. The standard InChI is InChI=1S/C21H28FN5O6S2/c1-13-19(14(2)33-25-13)35(31,32)27-12-11-26(34(29,30)18-9-3-15(22)4-10-18)21(27)20(28)24-17-7-5-16(23)6-8-17/h3-4,9-10,16-17,21H,5-8,11-12,23H2,1-2H3,(H,24,28). The molecule has 1 saturated carbocycles. The number of nitrogens with two attached hydrogens (primary N) is 1. The van der Waals surface area contributed by atoms with E-state index in [1.807, 2.05) is 0 Å². The molecule has 1 saturated heterocycles. The highest BCUT2D eigenvalue weighted by Gasteiger charge is 2.51. The third-order valence-corrected chi connectivity index (χ3v) is 10.4. The first-order valence-corrected chi connectivity index (χ1v) is 14.1. The molecular formula is C21H28FN5O6S2. The number of aromatic nitrogens is 1. The molecule has 11 nitrogen and oxygen atoms in total. The number of aryl methyl sites for hydroxylation is 2. The van der Waals surface area contributed by atoms with Crippen LogP contribution in [0.4, 0.5) is 4.39 Å². The Morgan fingerprint density at radius 1 is 1.03 bits per heavy atom. The summed E-state index contributed by atoms with van der Waals surface area (Å²) in [6.45, 7) is 2.35. The van der Waals surface area contributed by atoms with Gasteiger partial charge in [-0.05, 0) is 63.8 Å². The van der Waals surface area contributed by atoms with Crippen LogP contribution in [0.2, 0.25) is 0 Å². The van der Waals surface area contributed by atoms with E-state index in [-0.39, 0.29) is 46.4 Å². The molecule has 2 fully saturated rings. The largest absolute Gasteiger partial charge is 0.360 e. The van der Waals surface area contributed by atoms with Gasteiger partial charge in [-0.15, -0.1) is 0 Å². The molecule has 1 aliphatic carbocycles. The number of carbonyl (C=O) groups is 1. The predicted octanol–water partition coefficient (Wildman–Crippen LogP) is 0.838. The van der Waals surface area contributed by atoms with E-state index in [1.165, 1.54) is 13.8 Å². The van der Waals surface area contributed by atoms with E-state index in [1.54, 1.807) is 0 Å². The van der Waals surface area contributed by atoms with Gasteiger partial charge in [0.25, 0.3) is 5.91 Å². The van der Waals surface area contributed by atoms with Gasteiger partial charge in [-0.25, -0.2) is 21.2 Å². The van der Waals surface area contributed by atoms with E-state index >= 15 is 0 Å². The van der Waals surface area contributed by atoms with Gasteiger partial charge in [0.05, 0.1) is 4.90 Å². The molecule has 1 aromatic carbocycles. The van der Waals surface area contributed by atoms with E-state index in [4.69, 9.17) is 10.3 Å². The molecule has 14 heteroatoms. The highest BCUT2D eigenvalue weighted by molar-refractivity contribution is 7.90. The van der Waals surface area contributed by atoms with Gasteiger partial charge in [0, 0.05) is 25.2 Å². The van der Waals surface area contributed by atoms with Crippen molar-refractivity contribution < 1.29 is 30.5 Å². The summed E-state index contributed by atoms with van der Waals surface area (Å²) in [4.78, 5) is 13.0. The molecule has 4 rings (SSSR count). The summed E-state index contributed by atoms with van der Waals surface area (Å²) in [6, 6.07) is 3.90. The summed E-state index contributed by atoms with van der Waals surface area (Å²) < 4.78 is 74.2. The summed E-state index contributed by atoms with van der Waals surface area (Å²) >= 11 is 0. The first kappa shape index (κ1) is 25.7. The van der Waals surface area contributed by atoms with Crippen molar-refractivity contribution >= 4 is 26.0 Å². The van der Waals surface area contributed by atoms with Crippen LogP contribution < -0.4 is 11.1 Å². The van der Waals surface area contributed by atoms with Gasteiger partial charge in [-0.2, -0.15) is 8.61 Å². The molecule has 192 valence electrons. The quantitative estimate of drug-likeness (QED) is 0.558. The van der Waals surface area contributed by atoms with E-state index < -0.39 is 37.9 Å². The van der Waals surface area contributed by atoms with Gasteiger partial charge in [-0.3, -0.25) is 4.79 Å². The van der Waals surface area contributed by atoms with Crippen molar-refractivity contribution in [2.24, 2.45) is 5.73 Å². The summed E-state index contributed by atoms with van der Waals surface area (Å²) in [7, 11) is -8.69. The molecule has 35 heavy (non-hydrogen) atoms. The lowest BCUT2D eigenvalue weighted by atomic mass is 9.92. The van der Waals surface area contributed by atoms with Crippen LogP contribution in [0.3, 0.4) is 0 Å². The van der Waals surface area contributed by atoms with Gasteiger partial charge in [-0.1, -0.05) is 5.16 Å². The maximum atomic E-state index is 13.6. The summed E-state index contributed by atoms with van der Waals surface area (Å²) in [5.74, 6) is -1.36. The first-order valence-electron chi connectivity index (χ1n) is 11.2. The van der Waals surface area contributed by atoms with Crippen molar-refractivity contribution in [2.45, 2.75) is 67.6 Å². The Hall–Kier alpha value is -2.39. The van der Waals surface area contributed by atoms with Gasteiger partial charge in [0.1, 0.15) is 16.4 Å². The molecule has 3 N–H and O–H groups in total. The SMILES string of the molecule is Cc1noc(C)c1S(=O)(=O)N1CCN(S(=O)(=O)c2ccc(F)cc2)C1C(=O)NC1CCC(N)CC1. The number of rotatable bonds is 6. The normalized spacial score (nSPS) is 24.5. The third kappa shape index (κ3) is 4.85. The van der Waals surface area contributed by atoms with Crippen LogP contribution in [-0.2, 0) is 24.8 Å². The Kier molecular flexibility index (Phi) is 7.03. The maximum absolute atomic E-state index is 13.6. The van der Waals surface area contributed by atoms with Crippen molar-refractivity contribution in [3.63, 3.8) is 0 Å². The molecule has 0 spiro atoms. The Bertz CT molecular complexity index is 1280. The zero-order chi connectivity index (χ0) is 25.5. The fourth-order valence-electron chi connectivity index (χ4n) is 4.59. The number of sulfonamides is 2. The van der Waals surface area contributed by atoms with Crippen molar-refractivity contribution in [1.29, 1.82) is 0 Å². The molecule has 2 aliphatic rings. The minimum Gasteiger partial charge on any atom is -0.360 e. The number of amides is 1. The van der Waals surface area contributed by atoms with Gasteiger partial charge in [0.2, 0.25) is 20.0 Å². The van der Waals surface area contributed by atoms with Gasteiger partial charge in [0.15, 0.2) is 11.9 Å². The lowest BCUT2D eigenvalue weighted by Crippen LogP contribution is -2.56. The lowest BCUT2D eigenvalue weighted by Gasteiger charge is -2.32. The van der Waals surface area contributed by atoms with E-state index in [9.17, 15) is 26.0 Å². The second kappa shape index (κ2) is 9.58. The zero-order valence-electron chi connectivity index (χ0n) is 19.3. The zero-order valence-corrected chi connectivity index (χ0v) is 21.0. The molecule has 2 aromatic rings. The summed E-state index contributed by atoms with van der Waals surface area (Å²) in [6.07, 6.45) is 0.893. The Morgan fingerprint density at radius 3 is 2.14 bits per heavy atom. The maximum Gasteiger partial charge on any atom is 0.254 e. The Labute approximate surface area is 203 Å². The van der Waals surface area contributed by atoms with Crippen molar-refractivity contribution in [2.75, 3.05) is 13.1 Å². The number of nitrogens with one attached hydrogen (secondary N) is 1. The second-order valence-corrected chi connectivity index (χ2v) is 12.6. The molecule has 0 bridgehead atoms. The molecule has 0 radical (unpaired) electrons. The number of hydrogen-bond donors (Lipinski definition) is 2. The van der Waals surface area contributed by atoms with Crippen molar-refractivity contribution in [1.82, 2.24) is 19.1 Å². The molecule has 1 atom stereocenters. The van der Waals surface area contributed by atoms with Gasteiger partial charge < -0.3 is 15.6 Å². The monoisotopic (exact) mass is 529 g/mol. The van der Waals surface area contributed by atoms with Crippen LogP contribution in [0.25, 0.3) is 0 Å². The fraction of sp³-hybridized carbons (Fsp3) is 0.524. The molecule has 1 unspecified atom stereocenters. The van der Waals surface area contributed by atoms with Crippen LogP contribution in [0, 0.1) is 19.7 Å². The fourth-order valence-corrected chi connectivity index (χ4v) is 8.04. The van der Waals surface area contributed by atoms with Crippen LogP contribution in [0.1, 0.15) is 37.1 Å². The molecule has 1 aromatic heterocycles. The van der Waals surface area contributed by atoms with Crippen molar-refractivity contribution in [3.05, 3.63) is 41.5 Å². The minimum atomic E-state index is -4.35. The van der Waals surface area contributed by atoms with Crippen LogP contribution in [-0.4, -0.2) is 67.8 Å². The molecule has 1 amide bonds. The third-order valence-electron chi connectivity index (χ3n) is 6.39. The molecular weight excluding hydrogens is 501 g/mol.